The van der Waals surface area contributed by atoms with Gasteiger partial charge >= 0.3 is 0 Å². The van der Waals surface area contributed by atoms with Crippen LogP contribution in [0.25, 0.3) is 0 Å². The van der Waals surface area contributed by atoms with Gasteiger partial charge in [0.25, 0.3) is 0 Å². The Balaban J connectivity index is 2.09. The number of aliphatic hydroxyl groups is 1. The average Bonchev–Trinajstić information content (AvgIpc) is 3.18. The summed E-state index contributed by atoms with van der Waals surface area (Å²) in [6.07, 6.45) is -0.0497. The number of rotatable bonds is 4. The molecule has 0 saturated heterocycles. The molecule has 3 rings (SSSR count). The maximum absolute atomic E-state index is 13.4. The van der Waals surface area contributed by atoms with E-state index in [-0.39, 0.29) is 21.6 Å². The van der Waals surface area contributed by atoms with Gasteiger partial charge in [0, 0.05) is 6.08 Å². The molecule has 0 spiro atoms. The van der Waals surface area contributed by atoms with Gasteiger partial charge in [0.1, 0.15) is 14.2 Å². The lowest BCUT2D eigenvalue weighted by atomic mass is 10.1. The zero-order valence-corrected chi connectivity index (χ0v) is 20.3. The summed E-state index contributed by atoms with van der Waals surface area (Å²) in [4.78, 5) is -0.0565. The SMILES string of the molecule is CC(C)(C)[Si](C)(C)C#C/C=C(\C(O)c1ccc2c(c1)OCO2)S(=O)(=O)c1ccccc1. The molecule has 1 N–H and O–H groups in total. The molecule has 2 aromatic carbocycles. The Morgan fingerprint density at radius 2 is 1.74 bits per heavy atom. The molecule has 1 unspecified atom stereocenters. The molecule has 0 aromatic heterocycles. The van der Waals surface area contributed by atoms with Crippen LogP contribution in [0.1, 0.15) is 32.4 Å². The van der Waals surface area contributed by atoms with E-state index in [0.29, 0.717) is 17.1 Å². The number of aliphatic hydroxyl groups excluding tert-OH is 1. The first-order valence-electron chi connectivity index (χ1n) is 10.0. The molecule has 5 nitrogen and oxygen atoms in total. The highest BCUT2D eigenvalue weighted by atomic mass is 32.2. The summed E-state index contributed by atoms with van der Waals surface area (Å²) in [5, 5.41) is 11.1. The van der Waals surface area contributed by atoms with Crippen molar-refractivity contribution in [3.8, 4) is 23.0 Å². The number of allylic oxidation sites excluding steroid dienone is 1. The van der Waals surface area contributed by atoms with Crippen LogP contribution in [0.3, 0.4) is 0 Å². The van der Waals surface area contributed by atoms with E-state index in [1.54, 1.807) is 36.4 Å². The first-order chi connectivity index (χ1) is 14.4. The molecule has 1 heterocycles. The van der Waals surface area contributed by atoms with Crippen molar-refractivity contribution in [1.29, 1.82) is 0 Å². The third kappa shape index (κ3) is 4.87. The topological polar surface area (TPSA) is 72.8 Å². The van der Waals surface area contributed by atoms with Crippen LogP contribution in [0, 0.1) is 11.5 Å². The Labute approximate surface area is 185 Å². The van der Waals surface area contributed by atoms with E-state index in [0.717, 1.165) is 0 Å². The number of sulfone groups is 1. The van der Waals surface area contributed by atoms with Crippen LogP contribution in [0.4, 0.5) is 0 Å². The summed E-state index contributed by atoms with van der Waals surface area (Å²) >= 11 is 0. The number of hydrogen-bond donors (Lipinski definition) is 1. The highest BCUT2D eigenvalue weighted by molar-refractivity contribution is 7.95. The lowest BCUT2D eigenvalue weighted by Gasteiger charge is -2.31. The number of hydrogen-bond acceptors (Lipinski definition) is 5. The van der Waals surface area contributed by atoms with Crippen LogP contribution in [-0.4, -0.2) is 28.4 Å². The molecule has 2 aromatic rings. The van der Waals surface area contributed by atoms with Gasteiger partial charge in [0.05, 0.1) is 9.80 Å². The molecule has 0 radical (unpaired) electrons. The zero-order chi connectivity index (χ0) is 22.9. The summed E-state index contributed by atoms with van der Waals surface area (Å²) in [7, 11) is -5.92. The minimum absolute atomic E-state index is 0.0300. The summed E-state index contributed by atoms with van der Waals surface area (Å²) in [6.45, 7) is 10.8. The summed E-state index contributed by atoms with van der Waals surface area (Å²) in [5.41, 5.74) is 3.69. The van der Waals surface area contributed by atoms with Gasteiger partial charge < -0.3 is 14.6 Å². The van der Waals surface area contributed by atoms with Crippen molar-refractivity contribution in [3.63, 3.8) is 0 Å². The van der Waals surface area contributed by atoms with Gasteiger partial charge in [0.15, 0.2) is 11.5 Å². The quantitative estimate of drug-likeness (QED) is 0.526. The van der Waals surface area contributed by atoms with Crippen LogP contribution in [0.2, 0.25) is 18.1 Å². The van der Waals surface area contributed by atoms with E-state index in [9.17, 15) is 13.5 Å². The molecular weight excluding hydrogens is 428 g/mol. The van der Waals surface area contributed by atoms with Crippen molar-refractivity contribution in [1.82, 2.24) is 0 Å². The fraction of sp³-hybridized carbons (Fsp3) is 0.333. The van der Waals surface area contributed by atoms with Crippen molar-refractivity contribution < 1.29 is 23.0 Å². The van der Waals surface area contributed by atoms with Crippen LogP contribution >= 0.6 is 0 Å². The second-order valence-electron chi connectivity index (χ2n) is 9.02. The molecule has 0 fully saturated rings. The first kappa shape index (κ1) is 23.1. The van der Waals surface area contributed by atoms with E-state index in [1.165, 1.54) is 18.2 Å². The van der Waals surface area contributed by atoms with E-state index in [4.69, 9.17) is 9.47 Å². The van der Waals surface area contributed by atoms with Gasteiger partial charge in [-0.1, -0.05) is 64.1 Å². The van der Waals surface area contributed by atoms with E-state index >= 15 is 0 Å². The molecule has 1 atom stereocenters. The molecule has 7 heteroatoms. The van der Waals surface area contributed by atoms with Crippen molar-refractivity contribution in [2.75, 3.05) is 6.79 Å². The zero-order valence-electron chi connectivity index (χ0n) is 18.5. The van der Waals surface area contributed by atoms with Crippen molar-refractivity contribution in [3.05, 3.63) is 65.1 Å². The van der Waals surface area contributed by atoms with Crippen molar-refractivity contribution >= 4 is 17.9 Å². The van der Waals surface area contributed by atoms with E-state index < -0.39 is 24.0 Å². The minimum Gasteiger partial charge on any atom is -0.454 e. The number of ether oxygens (including phenoxy) is 2. The summed E-state index contributed by atoms with van der Waals surface area (Å²) < 4.78 is 37.5. The number of fused-ring (bicyclic) bond motifs is 1. The van der Waals surface area contributed by atoms with Crippen LogP contribution in [0.15, 0.2) is 64.4 Å². The minimum atomic E-state index is -3.96. The molecule has 164 valence electrons. The highest BCUT2D eigenvalue weighted by Gasteiger charge is 2.34. The lowest BCUT2D eigenvalue weighted by molar-refractivity contribution is 0.173. The van der Waals surface area contributed by atoms with Gasteiger partial charge in [-0.25, -0.2) is 8.42 Å². The molecule has 0 aliphatic carbocycles. The molecular formula is C24H28O5SSi. The summed E-state index contributed by atoms with van der Waals surface area (Å²) in [6, 6.07) is 13.0. The molecule has 0 bridgehead atoms. The predicted octanol–water partition coefficient (Wildman–Crippen LogP) is 4.86. The lowest BCUT2D eigenvalue weighted by Crippen LogP contribution is -2.35. The Morgan fingerprint density at radius 3 is 2.39 bits per heavy atom. The van der Waals surface area contributed by atoms with Gasteiger partial charge in [-0.2, -0.15) is 0 Å². The third-order valence-electron chi connectivity index (χ3n) is 5.82. The molecule has 0 saturated carbocycles. The van der Waals surface area contributed by atoms with Gasteiger partial charge in [-0.3, -0.25) is 0 Å². The fourth-order valence-corrected chi connectivity index (χ4v) is 5.00. The van der Waals surface area contributed by atoms with Crippen LogP contribution in [-0.2, 0) is 9.84 Å². The normalized spacial score (nSPS) is 15.2. The predicted molar refractivity (Wildman–Crippen MR) is 124 cm³/mol. The van der Waals surface area contributed by atoms with Gasteiger partial charge in [-0.05, 0) is 34.9 Å². The highest BCUT2D eigenvalue weighted by Crippen LogP contribution is 2.38. The van der Waals surface area contributed by atoms with Crippen LogP contribution in [0.5, 0.6) is 11.5 Å². The second kappa shape index (κ2) is 8.54. The maximum Gasteiger partial charge on any atom is 0.231 e. The molecule has 0 amide bonds. The van der Waals surface area contributed by atoms with Crippen LogP contribution < -0.4 is 9.47 Å². The smallest absolute Gasteiger partial charge is 0.231 e. The molecule has 1 aliphatic rings. The second-order valence-corrected chi connectivity index (χ2v) is 16.0. The first-order valence-corrected chi connectivity index (χ1v) is 14.5. The fourth-order valence-electron chi connectivity index (χ4n) is 2.76. The largest absolute Gasteiger partial charge is 0.454 e. The Hall–Kier alpha value is -2.53. The van der Waals surface area contributed by atoms with Gasteiger partial charge in [-0.15, -0.1) is 5.54 Å². The third-order valence-corrected chi connectivity index (χ3v) is 12.2. The average molecular weight is 457 g/mol. The van der Waals surface area contributed by atoms with E-state index in [1.807, 2.05) is 0 Å². The Kier molecular flexibility index (Phi) is 6.37. The van der Waals surface area contributed by atoms with Gasteiger partial charge in [0.2, 0.25) is 16.6 Å². The summed E-state index contributed by atoms with van der Waals surface area (Å²) in [5.74, 6) is 4.00. The van der Waals surface area contributed by atoms with Crippen molar-refractivity contribution in [2.24, 2.45) is 0 Å². The Bertz CT molecular complexity index is 1150. The van der Waals surface area contributed by atoms with E-state index in [2.05, 4.69) is 45.3 Å². The Morgan fingerprint density at radius 1 is 1.10 bits per heavy atom. The standard InChI is InChI=1S/C24H28O5SSi/c1-24(2,3)31(4,5)15-9-12-22(30(26,27)19-10-7-6-8-11-19)23(25)18-13-14-20-21(16-18)29-17-28-20/h6-8,10-14,16,23,25H,17H2,1-5H3/b22-12+. The van der Waals surface area contributed by atoms with Crippen molar-refractivity contribution in [2.45, 2.75) is 49.9 Å². The number of benzene rings is 2. The maximum atomic E-state index is 13.4. The monoisotopic (exact) mass is 456 g/mol. The molecule has 1 aliphatic heterocycles. The molecule has 31 heavy (non-hydrogen) atoms.